The lowest BCUT2D eigenvalue weighted by molar-refractivity contribution is 0.0184. The predicted molar refractivity (Wildman–Crippen MR) is 212 cm³/mol. The Kier molecular flexibility index (Phi) is 7.06. The first kappa shape index (κ1) is 30.9. The summed E-state index contributed by atoms with van der Waals surface area (Å²) >= 11 is 0. The molecule has 1 atom stereocenters. The second-order valence-corrected chi connectivity index (χ2v) is 22.0. The maximum atomic E-state index is 5.45. The van der Waals surface area contributed by atoms with Crippen LogP contribution < -0.4 is 0 Å². The predicted octanol–water partition coefficient (Wildman–Crippen LogP) is 11.9. The molecule has 8 saturated carbocycles. The Bertz CT molecular complexity index is 1920. The van der Waals surface area contributed by atoms with E-state index in [4.69, 9.17) is 9.97 Å². The van der Waals surface area contributed by atoms with E-state index in [9.17, 15) is 0 Å². The highest BCUT2D eigenvalue weighted by Gasteiger charge is 2.62. The molecule has 8 bridgehead atoms. The maximum Gasteiger partial charge on any atom is 0.0936 e. The van der Waals surface area contributed by atoms with Crippen LogP contribution in [0.15, 0.2) is 97.1 Å². The summed E-state index contributed by atoms with van der Waals surface area (Å²) in [6.07, 6.45) is 19.7. The van der Waals surface area contributed by atoms with Gasteiger partial charge in [0.2, 0.25) is 0 Å². The molecule has 0 radical (unpaired) electrons. The van der Waals surface area contributed by atoms with E-state index in [0.29, 0.717) is 10.3 Å². The number of benzene rings is 3. The van der Waals surface area contributed by atoms with E-state index in [1.54, 1.807) is 44.1 Å². The molecule has 8 aliphatic rings. The summed E-state index contributed by atoms with van der Waals surface area (Å²) in [4.78, 5) is 10.9. The third kappa shape index (κ3) is 4.80. The van der Waals surface area contributed by atoms with Crippen molar-refractivity contribution in [2.75, 3.05) is 0 Å². The van der Waals surface area contributed by atoms with Crippen LogP contribution in [0, 0.1) is 35.5 Å². The molecule has 0 saturated heterocycles. The van der Waals surface area contributed by atoms with Crippen molar-refractivity contribution in [2.24, 2.45) is 35.5 Å². The fraction of sp³-hybridized carbons (Fsp3) is 0.478. The van der Waals surface area contributed by atoms with Gasteiger partial charge in [-0.05, 0) is 164 Å². The lowest BCUT2D eigenvalue weighted by Gasteiger charge is -2.67. The number of pyridine rings is 2. The summed E-state index contributed by atoms with van der Waals surface area (Å²) in [7, 11) is 3.18. The van der Waals surface area contributed by atoms with Gasteiger partial charge in [-0.1, -0.05) is 80.7 Å². The largest absolute Gasteiger partial charge is 0.251 e. The van der Waals surface area contributed by atoms with Crippen molar-refractivity contribution in [1.29, 1.82) is 0 Å². The van der Waals surface area contributed by atoms with Crippen LogP contribution in [0.25, 0.3) is 21.8 Å². The Morgan fingerprint density at radius 2 is 0.920 bits per heavy atom. The first-order valence-electron chi connectivity index (χ1n) is 19.8. The molecule has 0 aliphatic heterocycles. The number of hydrogen-bond acceptors (Lipinski definition) is 2. The fourth-order valence-electron chi connectivity index (χ4n) is 13.8. The van der Waals surface area contributed by atoms with Gasteiger partial charge < -0.3 is 0 Å². The number of aromatic nitrogens is 2. The molecule has 2 aromatic heterocycles. The lowest BCUT2D eigenvalue weighted by Crippen LogP contribution is -2.56. The van der Waals surface area contributed by atoms with Gasteiger partial charge in [0, 0.05) is 10.8 Å². The van der Waals surface area contributed by atoms with Crippen LogP contribution >= 0.6 is 17.2 Å². The van der Waals surface area contributed by atoms with Crippen LogP contribution in [0.4, 0.5) is 0 Å². The van der Waals surface area contributed by atoms with E-state index in [1.165, 1.54) is 61.0 Å². The number of fused-ring (bicyclic) bond motifs is 2. The van der Waals surface area contributed by atoms with Crippen molar-refractivity contribution in [1.82, 2.24) is 9.97 Å². The molecule has 5 aromatic rings. The normalized spacial score (nSPS) is 34.5. The quantitative estimate of drug-likeness (QED) is 0.159. The van der Waals surface area contributed by atoms with Crippen LogP contribution in [-0.2, 0) is 11.3 Å². The first-order chi connectivity index (χ1) is 24.4. The Hall–Kier alpha value is -2.66. The Balaban J connectivity index is 1.09. The third-order valence-electron chi connectivity index (χ3n) is 14.9. The lowest BCUT2D eigenvalue weighted by atomic mass is 9.55. The molecule has 2 nitrogen and oxygen atoms in total. The summed E-state index contributed by atoms with van der Waals surface area (Å²) in [5.74, 6) is 6.00. The monoisotopic (exact) mass is 692 g/mol. The molecule has 0 N–H and O–H groups in total. The zero-order valence-corrected chi connectivity index (χ0v) is 31.4. The van der Waals surface area contributed by atoms with Crippen molar-refractivity contribution < 1.29 is 0 Å². The van der Waals surface area contributed by atoms with Crippen LogP contribution in [0.3, 0.4) is 0 Å². The number of para-hydroxylation sites is 2. The standard InChI is InChI=1S/C46H50N2P2/c49-46(42-15-13-36-7-2-5-11-40(36)47-42,43-16-14-37-8-3-6-12-41(37)48-43)39-10-4-1-9-38(39)29-50(44-23-30-17-31(24-44)19-32(18-30)25-44)45-26-33-20-34(27-45)22-35(21-33)28-45/h1-16,30-35H,17-29,49H2. The van der Waals surface area contributed by atoms with Crippen molar-refractivity contribution in [2.45, 2.75) is 98.7 Å². The number of hydrogen-bond donors (Lipinski definition) is 0. The molecule has 2 heterocycles. The smallest absolute Gasteiger partial charge is 0.0936 e. The average Bonchev–Trinajstić information content (AvgIpc) is 3.12. The second-order valence-electron chi connectivity index (χ2n) is 18.1. The summed E-state index contributed by atoms with van der Waals surface area (Å²) in [6.45, 7) is 0. The summed E-state index contributed by atoms with van der Waals surface area (Å²) in [5.41, 5.74) is 7.23. The molecule has 4 heteroatoms. The van der Waals surface area contributed by atoms with Gasteiger partial charge in [0.25, 0.3) is 0 Å². The molecule has 254 valence electrons. The van der Waals surface area contributed by atoms with Crippen molar-refractivity contribution in [3.05, 3.63) is 120 Å². The van der Waals surface area contributed by atoms with Gasteiger partial charge in [-0.25, -0.2) is 0 Å². The highest BCUT2D eigenvalue weighted by atomic mass is 31.1. The Labute approximate surface area is 301 Å². The topological polar surface area (TPSA) is 25.8 Å². The molecular formula is C46H50N2P2. The third-order valence-corrected chi connectivity index (χ3v) is 19.9. The number of rotatable bonds is 7. The maximum absolute atomic E-state index is 5.45. The zero-order valence-electron chi connectivity index (χ0n) is 29.3. The first-order valence-corrected chi connectivity index (χ1v) is 21.9. The molecule has 8 fully saturated rings. The van der Waals surface area contributed by atoms with E-state index in [-0.39, 0.29) is 7.92 Å². The van der Waals surface area contributed by atoms with Gasteiger partial charge in [-0.2, -0.15) is 0 Å². The molecule has 8 aliphatic carbocycles. The fourth-order valence-corrected chi connectivity index (χ4v) is 19.6. The van der Waals surface area contributed by atoms with Crippen molar-refractivity contribution in [3.8, 4) is 0 Å². The van der Waals surface area contributed by atoms with E-state index >= 15 is 0 Å². The van der Waals surface area contributed by atoms with Crippen LogP contribution in [-0.4, -0.2) is 20.3 Å². The Morgan fingerprint density at radius 3 is 1.38 bits per heavy atom. The van der Waals surface area contributed by atoms with E-state index in [2.05, 4.69) is 106 Å². The minimum atomic E-state index is -0.561. The summed E-state index contributed by atoms with van der Waals surface area (Å²) < 4.78 is 0. The van der Waals surface area contributed by atoms with Gasteiger partial charge in [0.15, 0.2) is 0 Å². The molecule has 50 heavy (non-hydrogen) atoms. The molecule has 1 unspecified atom stereocenters. The highest BCUT2D eigenvalue weighted by molar-refractivity contribution is 7.60. The molecule has 13 rings (SSSR count). The van der Waals surface area contributed by atoms with E-state index in [1.807, 2.05) is 0 Å². The van der Waals surface area contributed by atoms with Gasteiger partial charge in [0.05, 0.1) is 27.6 Å². The van der Waals surface area contributed by atoms with E-state index in [0.717, 1.165) is 57.9 Å². The molecule has 0 spiro atoms. The minimum absolute atomic E-state index is 0.193. The zero-order chi connectivity index (χ0) is 33.1. The summed E-state index contributed by atoms with van der Waals surface area (Å²) in [6, 6.07) is 35.9. The Morgan fingerprint density at radius 1 is 0.520 bits per heavy atom. The second kappa shape index (κ2) is 11.4. The average molecular weight is 693 g/mol. The van der Waals surface area contributed by atoms with Gasteiger partial charge in [-0.3, -0.25) is 9.97 Å². The van der Waals surface area contributed by atoms with Crippen LogP contribution in [0.5, 0.6) is 0 Å². The van der Waals surface area contributed by atoms with Gasteiger partial charge in [-0.15, -0.1) is 9.24 Å². The highest BCUT2D eigenvalue weighted by Crippen LogP contribution is 2.80. The van der Waals surface area contributed by atoms with Crippen molar-refractivity contribution >= 4 is 39.0 Å². The van der Waals surface area contributed by atoms with Crippen LogP contribution in [0.2, 0.25) is 0 Å². The SMILES string of the molecule is PC(c1ccc2ccccc2n1)(c1ccc2ccccc2n1)c1ccccc1CP(C12CC3CC(CC(C3)C1)C2)C12CC3CC(CC(C3)C1)C2. The molecule has 0 amide bonds. The van der Waals surface area contributed by atoms with E-state index < -0.39 is 5.16 Å². The van der Waals surface area contributed by atoms with Crippen LogP contribution in [0.1, 0.15) is 99.6 Å². The molecular weight excluding hydrogens is 642 g/mol. The molecule has 3 aromatic carbocycles. The minimum Gasteiger partial charge on any atom is -0.251 e. The number of nitrogens with zero attached hydrogens (tertiary/aromatic N) is 2. The van der Waals surface area contributed by atoms with Gasteiger partial charge >= 0.3 is 0 Å². The summed E-state index contributed by atoms with van der Waals surface area (Å²) in [5, 5.41) is 3.00. The van der Waals surface area contributed by atoms with Gasteiger partial charge in [0.1, 0.15) is 0 Å². The van der Waals surface area contributed by atoms with Crippen molar-refractivity contribution in [3.63, 3.8) is 0 Å².